The van der Waals surface area contributed by atoms with Crippen LogP contribution in [-0.2, 0) is 19.1 Å². The minimum atomic E-state index is -1.08. The van der Waals surface area contributed by atoms with E-state index < -0.39 is 34.6 Å². The molecule has 1 heterocycles. The number of Topliss-reactive ketones (excluding diaryl/α,β-unsaturated/α-hetero) is 1. The molecule has 3 fully saturated rings. The molecule has 0 aromatic heterocycles. The normalized spacial score (nSPS) is 47.2. The van der Waals surface area contributed by atoms with Gasteiger partial charge in [-0.3, -0.25) is 9.59 Å². The predicted molar refractivity (Wildman–Crippen MR) is 101 cm³/mol. The van der Waals surface area contributed by atoms with Crippen molar-refractivity contribution in [2.45, 2.75) is 84.2 Å². The van der Waals surface area contributed by atoms with Crippen LogP contribution in [-0.4, -0.2) is 52.5 Å². The quantitative estimate of drug-likeness (QED) is 0.525. The average molecular weight is 392 g/mol. The van der Waals surface area contributed by atoms with E-state index in [0.29, 0.717) is 37.9 Å². The summed E-state index contributed by atoms with van der Waals surface area (Å²) in [4.78, 5) is 25.9. The van der Waals surface area contributed by atoms with Gasteiger partial charge in [-0.25, -0.2) is 0 Å². The van der Waals surface area contributed by atoms with E-state index in [9.17, 15) is 19.8 Å². The Balaban J connectivity index is 1.93. The number of ether oxygens (including phenoxy) is 2. The number of esters is 1. The first-order chi connectivity index (χ1) is 12.9. The standard InChI is InChI=1S/C22H32O6/c1-11-6-7-22(26)9-14-13-10-27-15(13)8-16(24)21(14,5)19(25)18(28-12(2)23)17(11)20(22,3)4/h13-16,18,24,26H,6-10H2,1-5H3/t13?,14?,15?,16?,18?,21-,22?/m0/s1. The van der Waals surface area contributed by atoms with Crippen molar-refractivity contribution in [3.8, 4) is 0 Å². The third-order valence-corrected chi connectivity index (χ3v) is 8.50. The summed E-state index contributed by atoms with van der Waals surface area (Å²) in [5.41, 5.74) is -1.14. The van der Waals surface area contributed by atoms with Crippen molar-refractivity contribution in [1.29, 1.82) is 0 Å². The van der Waals surface area contributed by atoms with E-state index in [1.807, 2.05) is 20.8 Å². The maximum Gasteiger partial charge on any atom is 0.303 e. The number of aliphatic hydroxyl groups is 2. The van der Waals surface area contributed by atoms with Gasteiger partial charge < -0.3 is 19.7 Å². The molecule has 6 unspecified atom stereocenters. The molecule has 28 heavy (non-hydrogen) atoms. The smallest absolute Gasteiger partial charge is 0.303 e. The Hall–Kier alpha value is -1.24. The van der Waals surface area contributed by atoms with E-state index in [4.69, 9.17) is 9.47 Å². The number of rotatable bonds is 1. The molecule has 0 aromatic carbocycles. The minimum absolute atomic E-state index is 0.0699. The Morgan fingerprint density at radius 1 is 1.29 bits per heavy atom. The molecule has 1 aliphatic heterocycles. The molecule has 3 aliphatic carbocycles. The summed E-state index contributed by atoms with van der Waals surface area (Å²) in [5, 5.41) is 22.9. The maximum atomic E-state index is 13.9. The van der Waals surface area contributed by atoms with Crippen LogP contribution in [0.3, 0.4) is 0 Å². The lowest BCUT2D eigenvalue weighted by atomic mass is 9.47. The van der Waals surface area contributed by atoms with Crippen LogP contribution in [0.15, 0.2) is 11.1 Å². The zero-order valence-corrected chi connectivity index (χ0v) is 17.4. The van der Waals surface area contributed by atoms with Crippen LogP contribution in [0.5, 0.6) is 0 Å². The second-order valence-electron chi connectivity index (χ2n) is 10.1. The fraction of sp³-hybridized carbons (Fsp3) is 0.818. The van der Waals surface area contributed by atoms with Gasteiger partial charge in [0.25, 0.3) is 0 Å². The van der Waals surface area contributed by atoms with Crippen LogP contribution in [0.1, 0.15) is 60.3 Å². The van der Waals surface area contributed by atoms with E-state index in [-0.39, 0.29) is 23.7 Å². The minimum Gasteiger partial charge on any atom is -0.450 e. The summed E-state index contributed by atoms with van der Waals surface area (Å²) < 4.78 is 11.3. The highest BCUT2D eigenvalue weighted by molar-refractivity contribution is 5.94. The molecule has 2 N–H and O–H groups in total. The first-order valence-corrected chi connectivity index (χ1v) is 10.4. The number of aliphatic hydroxyl groups excluding tert-OH is 1. The van der Waals surface area contributed by atoms with Crippen molar-refractivity contribution in [1.82, 2.24) is 0 Å². The molecule has 4 aliphatic rings. The first-order valence-electron chi connectivity index (χ1n) is 10.4. The highest BCUT2D eigenvalue weighted by atomic mass is 16.5. The van der Waals surface area contributed by atoms with Gasteiger partial charge in [-0.1, -0.05) is 19.4 Å². The Morgan fingerprint density at radius 2 is 1.96 bits per heavy atom. The molecular weight excluding hydrogens is 360 g/mol. The predicted octanol–water partition coefficient (Wildman–Crippen LogP) is 2.16. The van der Waals surface area contributed by atoms with Crippen LogP contribution in [0.4, 0.5) is 0 Å². The second kappa shape index (κ2) is 6.13. The first kappa shape index (κ1) is 20.0. The fourth-order valence-corrected chi connectivity index (χ4v) is 6.42. The summed E-state index contributed by atoms with van der Waals surface area (Å²) >= 11 is 0. The van der Waals surface area contributed by atoms with E-state index in [2.05, 4.69) is 0 Å². The van der Waals surface area contributed by atoms with Gasteiger partial charge in [0.15, 0.2) is 11.9 Å². The van der Waals surface area contributed by atoms with Gasteiger partial charge in [0.05, 0.1) is 29.8 Å². The Labute approximate surface area is 166 Å². The molecule has 0 amide bonds. The summed E-state index contributed by atoms with van der Waals surface area (Å²) in [5.74, 6) is -0.857. The van der Waals surface area contributed by atoms with E-state index in [0.717, 1.165) is 5.57 Å². The average Bonchev–Trinajstić information content (AvgIpc) is 2.57. The zero-order valence-electron chi connectivity index (χ0n) is 17.4. The van der Waals surface area contributed by atoms with E-state index in [1.54, 1.807) is 6.92 Å². The molecule has 2 saturated carbocycles. The van der Waals surface area contributed by atoms with Crippen molar-refractivity contribution < 1.29 is 29.3 Å². The monoisotopic (exact) mass is 392 g/mol. The molecule has 7 atom stereocenters. The van der Waals surface area contributed by atoms with Crippen LogP contribution >= 0.6 is 0 Å². The third-order valence-electron chi connectivity index (χ3n) is 8.50. The SMILES string of the molecule is CC(=O)OC1C(=O)[C@]2(C)C(O)CC3OCC3C2CC2(O)CCC(C)=C1C2(C)C. The van der Waals surface area contributed by atoms with Gasteiger partial charge >= 0.3 is 5.97 Å². The van der Waals surface area contributed by atoms with Crippen LogP contribution in [0, 0.1) is 22.7 Å². The lowest BCUT2D eigenvalue weighted by molar-refractivity contribution is -0.242. The van der Waals surface area contributed by atoms with Crippen LogP contribution in [0.2, 0.25) is 0 Å². The summed E-state index contributed by atoms with van der Waals surface area (Å²) in [6.07, 6.45) is 0.0623. The molecule has 4 rings (SSSR count). The summed E-state index contributed by atoms with van der Waals surface area (Å²) in [6.45, 7) is 9.49. The van der Waals surface area contributed by atoms with Gasteiger partial charge in [-0.15, -0.1) is 0 Å². The van der Waals surface area contributed by atoms with Crippen molar-refractivity contribution >= 4 is 11.8 Å². The van der Waals surface area contributed by atoms with E-state index >= 15 is 0 Å². The fourth-order valence-electron chi connectivity index (χ4n) is 6.42. The van der Waals surface area contributed by atoms with Gasteiger partial charge in [0.2, 0.25) is 0 Å². The molecule has 0 aromatic rings. The molecular formula is C22H32O6. The molecule has 0 spiro atoms. The topological polar surface area (TPSA) is 93.1 Å². The Bertz CT molecular complexity index is 754. The maximum absolute atomic E-state index is 13.9. The molecule has 2 bridgehead atoms. The summed E-state index contributed by atoms with van der Waals surface area (Å²) in [6, 6.07) is 0. The number of hydrogen-bond donors (Lipinski definition) is 2. The number of carbonyl (C=O) groups is 2. The molecule has 6 heteroatoms. The Morgan fingerprint density at radius 3 is 2.54 bits per heavy atom. The van der Waals surface area contributed by atoms with Crippen LogP contribution < -0.4 is 0 Å². The molecule has 0 radical (unpaired) electrons. The number of hydrogen-bond acceptors (Lipinski definition) is 6. The number of allylic oxidation sites excluding steroid dienone is 1. The zero-order chi connectivity index (χ0) is 20.6. The molecule has 6 nitrogen and oxygen atoms in total. The number of ketones is 1. The highest BCUT2D eigenvalue weighted by Crippen LogP contribution is 2.61. The number of carbonyl (C=O) groups excluding carboxylic acids is 2. The van der Waals surface area contributed by atoms with E-state index in [1.165, 1.54) is 6.92 Å². The van der Waals surface area contributed by atoms with Crippen molar-refractivity contribution in [3.63, 3.8) is 0 Å². The van der Waals surface area contributed by atoms with Crippen LogP contribution in [0.25, 0.3) is 0 Å². The lowest BCUT2D eigenvalue weighted by Gasteiger charge is -2.62. The summed E-state index contributed by atoms with van der Waals surface area (Å²) in [7, 11) is 0. The largest absolute Gasteiger partial charge is 0.450 e. The lowest BCUT2D eigenvalue weighted by Crippen LogP contribution is -2.68. The van der Waals surface area contributed by atoms with Crippen molar-refractivity contribution in [3.05, 3.63) is 11.1 Å². The Kier molecular flexibility index (Phi) is 4.39. The second-order valence-corrected chi connectivity index (χ2v) is 10.1. The van der Waals surface area contributed by atoms with Crippen molar-refractivity contribution in [2.75, 3.05) is 6.61 Å². The third kappa shape index (κ3) is 2.44. The van der Waals surface area contributed by atoms with Crippen molar-refractivity contribution in [2.24, 2.45) is 22.7 Å². The van der Waals surface area contributed by atoms with Gasteiger partial charge in [-0.2, -0.15) is 0 Å². The molecule has 156 valence electrons. The van der Waals surface area contributed by atoms with Gasteiger partial charge in [-0.05, 0) is 44.6 Å². The van der Waals surface area contributed by atoms with Gasteiger partial charge in [0.1, 0.15) is 0 Å². The highest BCUT2D eigenvalue weighted by Gasteiger charge is 2.66. The number of fused-ring (bicyclic) bond motifs is 5. The molecule has 1 saturated heterocycles. The van der Waals surface area contributed by atoms with Gasteiger partial charge in [0, 0.05) is 24.7 Å².